The molecule has 4 rings (SSSR count). The molecule has 0 aliphatic carbocycles. The van der Waals surface area contributed by atoms with Crippen LogP contribution in [0.4, 0.5) is 5.69 Å². The molecule has 0 amide bonds. The first-order valence-electron chi connectivity index (χ1n) is 6.58. The molecule has 3 aromatic rings. The summed E-state index contributed by atoms with van der Waals surface area (Å²) < 4.78 is 7.43. The van der Waals surface area contributed by atoms with E-state index in [0.717, 1.165) is 12.4 Å². The first-order chi connectivity index (χ1) is 10.3. The Morgan fingerprint density at radius 1 is 1.48 bits per heavy atom. The molecule has 7 nitrogen and oxygen atoms in total. The molecule has 0 unspecified atom stereocenters. The van der Waals surface area contributed by atoms with Gasteiger partial charge in [-0.15, -0.1) is 0 Å². The highest BCUT2D eigenvalue weighted by Gasteiger charge is 2.20. The summed E-state index contributed by atoms with van der Waals surface area (Å²) in [5.74, 6) is 0.861. The number of fused-ring (bicyclic) bond motifs is 2. The largest absolute Gasteiger partial charge is 0.398 e. The fourth-order valence-corrected chi connectivity index (χ4v) is 2.65. The number of aromatic nitrogens is 4. The minimum atomic E-state index is 0.479. The Kier molecular flexibility index (Phi) is 2.46. The van der Waals surface area contributed by atoms with Gasteiger partial charge in [-0.2, -0.15) is 5.26 Å². The van der Waals surface area contributed by atoms with Crippen LogP contribution in [0.25, 0.3) is 22.4 Å². The van der Waals surface area contributed by atoms with Crippen molar-refractivity contribution in [3.8, 4) is 17.5 Å². The van der Waals surface area contributed by atoms with E-state index in [-0.39, 0.29) is 0 Å². The second-order valence-electron chi connectivity index (χ2n) is 4.90. The van der Waals surface area contributed by atoms with Crippen molar-refractivity contribution in [1.82, 2.24) is 19.5 Å². The Hall–Kier alpha value is -2.85. The number of nitriles is 1. The highest BCUT2D eigenvalue weighted by atomic mass is 16.5. The quantitative estimate of drug-likeness (QED) is 0.701. The van der Waals surface area contributed by atoms with Crippen molar-refractivity contribution in [2.24, 2.45) is 0 Å². The van der Waals surface area contributed by atoms with Gasteiger partial charge in [-0.1, -0.05) is 0 Å². The molecule has 0 saturated heterocycles. The smallest absolute Gasteiger partial charge is 0.141 e. The first kappa shape index (κ1) is 11.9. The number of aromatic amines is 1. The van der Waals surface area contributed by atoms with Crippen LogP contribution in [0.3, 0.4) is 0 Å². The zero-order valence-electron chi connectivity index (χ0n) is 11.1. The van der Waals surface area contributed by atoms with Gasteiger partial charge < -0.3 is 20.0 Å². The second-order valence-corrected chi connectivity index (χ2v) is 4.90. The van der Waals surface area contributed by atoms with Gasteiger partial charge >= 0.3 is 0 Å². The Bertz CT molecular complexity index is 861. The van der Waals surface area contributed by atoms with E-state index < -0.39 is 0 Å². The van der Waals surface area contributed by atoms with E-state index in [9.17, 15) is 5.26 Å². The molecule has 0 aromatic carbocycles. The standard InChI is InChI=1S/C14H12N6O/c15-5-8-12-9(16)1-2-17-14(12)19-13(8)10-6-20-3-4-21-7-11(20)18-10/h1-2,6H,3-4,7H2,(H3,16,17,19). The number of H-pyrrole nitrogens is 1. The number of nitrogen functional groups attached to an aromatic ring is 1. The molecule has 0 radical (unpaired) electrons. The summed E-state index contributed by atoms with van der Waals surface area (Å²) in [6, 6.07) is 3.89. The molecule has 1 aliphatic heterocycles. The van der Waals surface area contributed by atoms with Gasteiger partial charge in [0.15, 0.2) is 0 Å². The van der Waals surface area contributed by atoms with Gasteiger partial charge in [0.25, 0.3) is 0 Å². The average molecular weight is 280 g/mol. The summed E-state index contributed by atoms with van der Waals surface area (Å²) in [6.07, 6.45) is 3.55. The van der Waals surface area contributed by atoms with Crippen molar-refractivity contribution in [3.63, 3.8) is 0 Å². The van der Waals surface area contributed by atoms with Crippen LogP contribution >= 0.6 is 0 Å². The van der Waals surface area contributed by atoms with E-state index in [4.69, 9.17) is 10.5 Å². The lowest BCUT2D eigenvalue weighted by Crippen LogP contribution is -2.15. The van der Waals surface area contributed by atoms with Crippen molar-refractivity contribution in [3.05, 3.63) is 29.8 Å². The van der Waals surface area contributed by atoms with E-state index in [1.54, 1.807) is 12.3 Å². The number of hydrogen-bond donors (Lipinski definition) is 2. The molecule has 7 heteroatoms. The lowest BCUT2D eigenvalue weighted by Gasteiger charge is -2.13. The minimum absolute atomic E-state index is 0.479. The number of anilines is 1. The lowest BCUT2D eigenvalue weighted by molar-refractivity contribution is 0.0816. The number of nitrogens with zero attached hydrogens (tertiary/aromatic N) is 4. The zero-order valence-corrected chi connectivity index (χ0v) is 11.1. The molecule has 0 saturated carbocycles. The normalized spacial score (nSPS) is 14.0. The molecule has 4 heterocycles. The number of nitrogens with one attached hydrogen (secondary N) is 1. The molecular weight excluding hydrogens is 268 g/mol. The number of hydrogen-bond acceptors (Lipinski definition) is 5. The van der Waals surface area contributed by atoms with Gasteiger partial charge in [-0.25, -0.2) is 9.97 Å². The third-order valence-electron chi connectivity index (χ3n) is 3.66. The highest BCUT2D eigenvalue weighted by molar-refractivity contribution is 5.98. The number of nitrogens with two attached hydrogens (primary N) is 1. The van der Waals surface area contributed by atoms with E-state index in [0.29, 0.717) is 46.9 Å². The van der Waals surface area contributed by atoms with Crippen molar-refractivity contribution in [2.75, 3.05) is 12.3 Å². The summed E-state index contributed by atoms with van der Waals surface area (Å²) in [6.45, 7) is 1.93. The first-order valence-corrected chi connectivity index (χ1v) is 6.58. The van der Waals surface area contributed by atoms with Gasteiger partial charge in [0.1, 0.15) is 29.8 Å². The van der Waals surface area contributed by atoms with Gasteiger partial charge in [-0.3, -0.25) is 0 Å². The van der Waals surface area contributed by atoms with Crippen molar-refractivity contribution in [2.45, 2.75) is 13.2 Å². The number of pyridine rings is 1. The molecule has 0 fully saturated rings. The van der Waals surface area contributed by atoms with Gasteiger partial charge in [0.2, 0.25) is 0 Å². The van der Waals surface area contributed by atoms with Crippen LogP contribution in [-0.4, -0.2) is 26.1 Å². The zero-order chi connectivity index (χ0) is 14.4. The molecule has 0 bridgehead atoms. The second kappa shape index (κ2) is 4.33. The minimum Gasteiger partial charge on any atom is -0.398 e. The molecule has 3 N–H and O–H groups in total. The van der Waals surface area contributed by atoms with Crippen molar-refractivity contribution < 1.29 is 4.74 Å². The van der Waals surface area contributed by atoms with Gasteiger partial charge in [0.05, 0.1) is 23.3 Å². The SMILES string of the molecule is N#Cc1c(-c2cn3c(n2)COCC3)[nH]c2nccc(N)c12. The molecular formula is C14H12N6O. The van der Waals surface area contributed by atoms with E-state index >= 15 is 0 Å². The predicted molar refractivity (Wildman–Crippen MR) is 76.1 cm³/mol. The summed E-state index contributed by atoms with van der Waals surface area (Å²) in [7, 11) is 0. The van der Waals surface area contributed by atoms with Crippen LogP contribution in [0.1, 0.15) is 11.4 Å². The summed E-state index contributed by atoms with van der Waals surface area (Å²) in [5, 5.41) is 10.1. The van der Waals surface area contributed by atoms with E-state index in [1.807, 2.05) is 10.8 Å². The van der Waals surface area contributed by atoms with Crippen molar-refractivity contribution in [1.29, 1.82) is 5.26 Å². The van der Waals surface area contributed by atoms with Crippen LogP contribution in [0.2, 0.25) is 0 Å². The molecule has 1 aliphatic rings. The van der Waals surface area contributed by atoms with Gasteiger partial charge in [0, 0.05) is 24.6 Å². The Morgan fingerprint density at radius 2 is 2.38 bits per heavy atom. The molecule has 0 atom stereocenters. The fourth-order valence-electron chi connectivity index (χ4n) is 2.65. The third kappa shape index (κ3) is 1.70. The van der Waals surface area contributed by atoms with Crippen LogP contribution in [0.5, 0.6) is 0 Å². The van der Waals surface area contributed by atoms with Crippen LogP contribution < -0.4 is 5.73 Å². The maximum atomic E-state index is 9.48. The van der Waals surface area contributed by atoms with Crippen molar-refractivity contribution >= 4 is 16.7 Å². The lowest BCUT2D eigenvalue weighted by atomic mass is 10.1. The Morgan fingerprint density at radius 3 is 3.19 bits per heavy atom. The number of ether oxygens (including phenoxy) is 1. The highest BCUT2D eigenvalue weighted by Crippen LogP contribution is 2.31. The number of rotatable bonds is 1. The van der Waals surface area contributed by atoms with Crippen LogP contribution in [0, 0.1) is 11.3 Å². The summed E-state index contributed by atoms with van der Waals surface area (Å²) in [5.41, 5.74) is 8.94. The van der Waals surface area contributed by atoms with E-state index in [1.165, 1.54) is 0 Å². The monoisotopic (exact) mass is 280 g/mol. The maximum absolute atomic E-state index is 9.48. The molecule has 104 valence electrons. The predicted octanol–water partition coefficient (Wildman–Crippen LogP) is 1.41. The molecule has 0 spiro atoms. The summed E-state index contributed by atoms with van der Waals surface area (Å²) >= 11 is 0. The molecule has 21 heavy (non-hydrogen) atoms. The fraction of sp³-hybridized carbons (Fsp3) is 0.214. The third-order valence-corrected chi connectivity index (χ3v) is 3.66. The summed E-state index contributed by atoms with van der Waals surface area (Å²) in [4.78, 5) is 11.9. The number of imidazole rings is 1. The van der Waals surface area contributed by atoms with Crippen LogP contribution in [-0.2, 0) is 17.9 Å². The maximum Gasteiger partial charge on any atom is 0.141 e. The average Bonchev–Trinajstić information content (AvgIpc) is 3.08. The van der Waals surface area contributed by atoms with Gasteiger partial charge in [-0.05, 0) is 6.07 Å². The van der Waals surface area contributed by atoms with E-state index in [2.05, 4.69) is 21.0 Å². The molecule has 3 aromatic heterocycles. The Balaban J connectivity index is 1.96. The topological polar surface area (TPSA) is 106 Å². The Labute approximate surface area is 120 Å². The van der Waals surface area contributed by atoms with Crippen LogP contribution in [0.15, 0.2) is 18.5 Å².